The van der Waals surface area contributed by atoms with Crippen molar-refractivity contribution in [3.8, 4) is 44.5 Å². The lowest BCUT2D eigenvalue weighted by Gasteiger charge is -2.18. The summed E-state index contributed by atoms with van der Waals surface area (Å²) in [7, 11) is 0. The minimum Gasteiger partial charge on any atom is -0.135 e. The first-order chi connectivity index (χ1) is 27.3. The zero-order valence-corrected chi connectivity index (χ0v) is 33.5. The Balaban J connectivity index is 0.000000741. The van der Waals surface area contributed by atoms with Crippen molar-refractivity contribution >= 4 is 63.8 Å². The fourth-order valence-corrected chi connectivity index (χ4v) is 9.00. The summed E-state index contributed by atoms with van der Waals surface area (Å²) in [4.78, 5) is 0. The van der Waals surface area contributed by atoms with Crippen LogP contribution in [-0.4, -0.2) is 0 Å². The standard InChI is InChI=1S/C48H30S.3C2H6/c1-2-12-34-29-36(28-23-31(34)11-1)35-13-9-14-37(30-35)47-42-18-5-3-16-40(42)46(41-17-4-6-19-43(41)47)33-26-24-32(25-27-33)38-20-10-21-44-39-15-7-8-22-45(39)49-48(38)44;3*1-2/h1-30H;3*1-2H3. The summed E-state index contributed by atoms with van der Waals surface area (Å²) in [5.74, 6) is 0. The summed E-state index contributed by atoms with van der Waals surface area (Å²) in [5, 5.41) is 10.3. The number of fused-ring (bicyclic) bond motifs is 6. The second kappa shape index (κ2) is 17.0. The van der Waals surface area contributed by atoms with E-state index in [4.69, 9.17) is 0 Å². The van der Waals surface area contributed by atoms with Gasteiger partial charge in [0.05, 0.1) is 0 Å². The summed E-state index contributed by atoms with van der Waals surface area (Å²) in [6, 6.07) is 67.0. The second-order valence-corrected chi connectivity index (χ2v) is 13.9. The number of thiophene rings is 1. The molecule has 0 aliphatic carbocycles. The molecule has 0 radical (unpaired) electrons. The predicted molar refractivity (Wildman–Crippen MR) is 248 cm³/mol. The van der Waals surface area contributed by atoms with Crippen LogP contribution >= 0.6 is 11.3 Å². The molecule has 0 saturated carbocycles. The highest BCUT2D eigenvalue weighted by Gasteiger charge is 2.17. The van der Waals surface area contributed by atoms with Crippen molar-refractivity contribution in [3.63, 3.8) is 0 Å². The van der Waals surface area contributed by atoms with Gasteiger partial charge >= 0.3 is 0 Å². The smallest absolute Gasteiger partial charge is 0.0433 e. The van der Waals surface area contributed by atoms with Crippen LogP contribution in [0.15, 0.2) is 182 Å². The van der Waals surface area contributed by atoms with Crippen LogP contribution in [0.2, 0.25) is 0 Å². The Hall–Kier alpha value is -6.02. The number of benzene rings is 9. The van der Waals surface area contributed by atoms with E-state index in [1.807, 2.05) is 52.9 Å². The Bertz CT molecular complexity index is 2810. The van der Waals surface area contributed by atoms with Gasteiger partial charge in [-0.2, -0.15) is 0 Å². The summed E-state index contributed by atoms with van der Waals surface area (Å²) >= 11 is 1.89. The van der Waals surface area contributed by atoms with Gasteiger partial charge in [0.15, 0.2) is 0 Å². The Kier molecular flexibility index (Phi) is 11.5. The molecular formula is C54H48S. The van der Waals surface area contributed by atoms with Crippen LogP contribution in [0.25, 0.3) is 97.0 Å². The molecule has 9 aromatic carbocycles. The van der Waals surface area contributed by atoms with Crippen molar-refractivity contribution in [2.75, 3.05) is 0 Å². The first kappa shape index (κ1) is 37.3. The minimum absolute atomic E-state index is 1.23. The Morgan fingerprint density at radius 1 is 0.291 bits per heavy atom. The molecule has 1 heteroatoms. The molecule has 0 aliphatic rings. The highest BCUT2D eigenvalue weighted by molar-refractivity contribution is 7.26. The maximum absolute atomic E-state index is 2.36. The molecular weight excluding hydrogens is 681 g/mol. The van der Waals surface area contributed by atoms with Crippen molar-refractivity contribution in [1.82, 2.24) is 0 Å². The molecule has 270 valence electrons. The Morgan fingerprint density at radius 3 is 1.40 bits per heavy atom. The lowest BCUT2D eigenvalue weighted by Crippen LogP contribution is -1.91. The van der Waals surface area contributed by atoms with Crippen LogP contribution in [0.3, 0.4) is 0 Å². The third-order valence-electron chi connectivity index (χ3n) is 10.1. The molecule has 0 aliphatic heterocycles. The van der Waals surface area contributed by atoms with Gasteiger partial charge in [-0.15, -0.1) is 11.3 Å². The van der Waals surface area contributed by atoms with E-state index in [9.17, 15) is 0 Å². The van der Waals surface area contributed by atoms with Crippen LogP contribution in [0, 0.1) is 0 Å². The molecule has 0 unspecified atom stereocenters. The van der Waals surface area contributed by atoms with Gasteiger partial charge in [0.25, 0.3) is 0 Å². The first-order valence-corrected chi connectivity index (χ1v) is 20.7. The largest absolute Gasteiger partial charge is 0.135 e. The SMILES string of the molecule is CC.CC.CC.c1cc(-c2ccc3ccccc3c2)cc(-c2c3ccccc3c(-c3ccc(-c4cccc5c4sc4ccccc45)cc3)c3ccccc23)c1. The molecule has 0 bridgehead atoms. The molecule has 55 heavy (non-hydrogen) atoms. The van der Waals surface area contributed by atoms with Gasteiger partial charge < -0.3 is 0 Å². The van der Waals surface area contributed by atoms with Gasteiger partial charge in [-0.05, 0) is 95.0 Å². The summed E-state index contributed by atoms with van der Waals surface area (Å²) in [5.41, 5.74) is 10.0. The highest BCUT2D eigenvalue weighted by atomic mass is 32.1. The highest BCUT2D eigenvalue weighted by Crippen LogP contribution is 2.45. The number of hydrogen-bond acceptors (Lipinski definition) is 1. The van der Waals surface area contributed by atoms with Crippen LogP contribution in [0.4, 0.5) is 0 Å². The van der Waals surface area contributed by atoms with E-state index in [1.165, 1.54) is 97.0 Å². The maximum atomic E-state index is 2.36. The molecule has 0 amide bonds. The average molecular weight is 729 g/mol. The fourth-order valence-electron chi connectivity index (χ4n) is 7.76. The molecule has 10 rings (SSSR count). The number of rotatable bonds is 4. The van der Waals surface area contributed by atoms with Gasteiger partial charge in [-0.3, -0.25) is 0 Å². The molecule has 10 aromatic rings. The second-order valence-electron chi connectivity index (χ2n) is 12.8. The molecule has 0 fully saturated rings. The van der Waals surface area contributed by atoms with Crippen LogP contribution in [-0.2, 0) is 0 Å². The van der Waals surface area contributed by atoms with Crippen LogP contribution in [0.5, 0.6) is 0 Å². The van der Waals surface area contributed by atoms with E-state index >= 15 is 0 Å². The lowest BCUT2D eigenvalue weighted by molar-refractivity contribution is 1.50. The van der Waals surface area contributed by atoms with E-state index in [2.05, 4.69) is 182 Å². The van der Waals surface area contributed by atoms with Crippen molar-refractivity contribution in [2.45, 2.75) is 41.5 Å². The summed E-state index contributed by atoms with van der Waals surface area (Å²) < 4.78 is 2.69. The van der Waals surface area contributed by atoms with Crippen molar-refractivity contribution in [1.29, 1.82) is 0 Å². The predicted octanol–water partition coefficient (Wildman–Crippen LogP) is 17.3. The van der Waals surface area contributed by atoms with Gasteiger partial charge in [0.1, 0.15) is 0 Å². The van der Waals surface area contributed by atoms with Gasteiger partial charge in [-0.25, -0.2) is 0 Å². The third-order valence-corrected chi connectivity index (χ3v) is 11.3. The van der Waals surface area contributed by atoms with E-state index in [-0.39, 0.29) is 0 Å². The van der Waals surface area contributed by atoms with Crippen LogP contribution < -0.4 is 0 Å². The third kappa shape index (κ3) is 6.93. The van der Waals surface area contributed by atoms with E-state index in [0.717, 1.165) is 0 Å². The normalized spacial score (nSPS) is 10.7. The molecule has 0 atom stereocenters. The summed E-state index contributed by atoms with van der Waals surface area (Å²) in [6.07, 6.45) is 0. The fraction of sp³-hybridized carbons (Fsp3) is 0.111. The number of hydrogen-bond donors (Lipinski definition) is 0. The van der Waals surface area contributed by atoms with Gasteiger partial charge in [0.2, 0.25) is 0 Å². The Morgan fingerprint density at radius 2 is 0.745 bits per heavy atom. The quantitative estimate of drug-likeness (QED) is 0.158. The zero-order chi connectivity index (χ0) is 38.3. The van der Waals surface area contributed by atoms with E-state index < -0.39 is 0 Å². The molecule has 0 spiro atoms. The zero-order valence-electron chi connectivity index (χ0n) is 32.7. The van der Waals surface area contributed by atoms with Gasteiger partial charge in [-0.1, -0.05) is 205 Å². The van der Waals surface area contributed by atoms with Crippen molar-refractivity contribution in [2.24, 2.45) is 0 Å². The van der Waals surface area contributed by atoms with Crippen molar-refractivity contribution < 1.29 is 0 Å². The molecule has 0 nitrogen and oxygen atoms in total. The topological polar surface area (TPSA) is 0 Å². The monoisotopic (exact) mass is 728 g/mol. The molecule has 1 aromatic heterocycles. The summed E-state index contributed by atoms with van der Waals surface area (Å²) in [6.45, 7) is 12.0. The van der Waals surface area contributed by atoms with Gasteiger partial charge in [0, 0.05) is 20.2 Å². The van der Waals surface area contributed by atoms with Crippen molar-refractivity contribution in [3.05, 3.63) is 182 Å². The molecule has 0 saturated heterocycles. The Labute approximate surface area is 330 Å². The van der Waals surface area contributed by atoms with E-state index in [0.29, 0.717) is 0 Å². The first-order valence-electron chi connectivity index (χ1n) is 19.8. The lowest BCUT2D eigenvalue weighted by atomic mass is 9.85. The minimum atomic E-state index is 1.23. The maximum Gasteiger partial charge on any atom is 0.0433 e. The molecule has 0 N–H and O–H groups in total. The van der Waals surface area contributed by atoms with E-state index in [1.54, 1.807) is 0 Å². The molecule has 1 heterocycles. The van der Waals surface area contributed by atoms with Crippen LogP contribution in [0.1, 0.15) is 41.5 Å². The average Bonchev–Trinajstić information content (AvgIpc) is 3.67.